The topological polar surface area (TPSA) is 38.7 Å². The number of alkyl halides is 6. The zero-order chi connectivity index (χ0) is 26.1. The number of rotatable bonds is 6. The Kier molecular flexibility index (Phi) is 7.33. The summed E-state index contributed by atoms with van der Waals surface area (Å²) in [6.45, 7) is 8.89. The van der Waals surface area contributed by atoms with Gasteiger partial charge in [-0.3, -0.25) is 0 Å². The second-order valence-corrected chi connectivity index (χ2v) is 12.4. The molecule has 35 heavy (non-hydrogen) atoms. The van der Waals surface area contributed by atoms with E-state index in [0.29, 0.717) is 6.42 Å². The molecule has 11 unspecified atom stereocenters. The van der Waals surface area contributed by atoms with Crippen LogP contribution in [0.2, 0.25) is 0 Å². The number of hydrogen-bond acceptors (Lipinski definition) is 3. The van der Waals surface area contributed by atoms with Gasteiger partial charge in [0.15, 0.2) is 0 Å². The Morgan fingerprint density at radius 1 is 0.829 bits per heavy atom. The van der Waals surface area contributed by atoms with E-state index in [2.05, 4.69) is 0 Å². The summed E-state index contributed by atoms with van der Waals surface area (Å²) in [6.07, 6.45) is -10.9. The highest BCUT2D eigenvalue weighted by atomic mass is 19.4. The third kappa shape index (κ3) is 4.33. The van der Waals surface area contributed by atoms with Crippen molar-refractivity contribution in [3.05, 3.63) is 0 Å². The molecule has 0 aromatic rings. The van der Waals surface area contributed by atoms with Crippen molar-refractivity contribution in [2.75, 3.05) is 6.79 Å². The van der Waals surface area contributed by atoms with Crippen molar-refractivity contribution in [3.8, 4) is 0 Å². The molecule has 4 aliphatic carbocycles. The normalized spacial score (nSPS) is 44.3. The quantitative estimate of drug-likeness (QED) is 0.312. The standard InChI is InChI=1S/C26H40F6O3/c1-12(2)16-7-6-13(3)8-21(16)34-11-35-24(25(27,28)29,26(30,31)32)20-10-19-17-9-18(15(5)14(17)4)22(19)23(20)33/h12-23,33H,6-11H2,1-5H3. The van der Waals surface area contributed by atoms with Crippen molar-refractivity contribution in [3.63, 3.8) is 0 Å². The highest BCUT2D eigenvalue weighted by molar-refractivity contribution is 5.15. The maximum absolute atomic E-state index is 14.5. The third-order valence-electron chi connectivity index (χ3n) is 10.5. The molecule has 0 saturated heterocycles. The molecule has 204 valence electrons. The van der Waals surface area contributed by atoms with Crippen molar-refractivity contribution in [1.82, 2.24) is 0 Å². The summed E-state index contributed by atoms with van der Waals surface area (Å²) in [5, 5.41) is 11.0. The summed E-state index contributed by atoms with van der Waals surface area (Å²) < 4.78 is 97.2. The van der Waals surface area contributed by atoms with Crippen molar-refractivity contribution < 1.29 is 40.9 Å². The van der Waals surface area contributed by atoms with Gasteiger partial charge in [-0.25, -0.2) is 0 Å². The monoisotopic (exact) mass is 514 g/mol. The maximum atomic E-state index is 14.5. The van der Waals surface area contributed by atoms with Gasteiger partial charge in [-0.1, -0.05) is 41.0 Å². The second kappa shape index (κ2) is 9.33. The van der Waals surface area contributed by atoms with Crippen molar-refractivity contribution in [2.45, 2.75) is 96.9 Å². The molecule has 0 aromatic heterocycles. The predicted molar refractivity (Wildman–Crippen MR) is 118 cm³/mol. The van der Waals surface area contributed by atoms with Crippen LogP contribution in [0.4, 0.5) is 26.3 Å². The average Bonchev–Trinajstić information content (AvgIpc) is 3.34. The Balaban J connectivity index is 1.59. The van der Waals surface area contributed by atoms with E-state index in [1.54, 1.807) is 0 Å². The Labute approximate surface area is 204 Å². The number of ether oxygens (including phenoxy) is 2. The molecule has 1 N–H and O–H groups in total. The van der Waals surface area contributed by atoms with E-state index < -0.39 is 48.8 Å². The van der Waals surface area contributed by atoms with Crippen LogP contribution in [0.5, 0.6) is 0 Å². The molecule has 4 saturated carbocycles. The van der Waals surface area contributed by atoms with Gasteiger partial charge < -0.3 is 14.6 Å². The molecule has 0 heterocycles. The third-order valence-corrected chi connectivity index (χ3v) is 10.5. The van der Waals surface area contributed by atoms with Crippen molar-refractivity contribution >= 4 is 0 Å². The molecule has 0 radical (unpaired) electrons. The van der Waals surface area contributed by atoms with Crippen LogP contribution in [0.1, 0.15) is 66.7 Å². The van der Waals surface area contributed by atoms with Gasteiger partial charge in [0, 0.05) is 5.92 Å². The van der Waals surface area contributed by atoms with Crippen molar-refractivity contribution in [2.24, 2.45) is 59.2 Å². The van der Waals surface area contributed by atoms with Crippen LogP contribution in [-0.4, -0.2) is 42.1 Å². The lowest BCUT2D eigenvalue weighted by atomic mass is 9.70. The minimum absolute atomic E-state index is 0.0468. The maximum Gasteiger partial charge on any atom is 0.426 e. The molecular weight excluding hydrogens is 474 g/mol. The van der Waals surface area contributed by atoms with Crippen LogP contribution < -0.4 is 0 Å². The molecule has 11 atom stereocenters. The SMILES string of the molecule is CC1CCC(C(C)C)C(OCOC(C2CC3C4CC(C(C)C4C)C3C2O)(C(F)(F)F)C(F)(F)F)C1. The van der Waals surface area contributed by atoms with E-state index >= 15 is 0 Å². The Bertz CT molecular complexity index is 738. The van der Waals surface area contributed by atoms with Gasteiger partial charge in [0.1, 0.15) is 6.79 Å². The number of aliphatic hydroxyl groups excluding tert-OH is 1. The van der Waals surface area contributed by atoms with Crippen LogP contribution in [0.3, 0.4) is 0 Å². The van der Waals surface area contributed by atoms with E-state index in [4.69, 9.17) is 9.47 Å². The first kappa shape index (κ1) is 27.5. The Morgan fingerprint density at radius 3 is 2.00 bits per heavy atom. The molecule has 0 aliphatic heterocycles. The van der Waals surface area contributed by atoms with Gasteiger partial charge >= 0.3 is 12.4 Å². The van der Waals surface area contributed by atoms with Crippen LogP contribution in [0, 0.1) is 59.2 Å². The molecule has 4 fully saturated rings. The van der Waals surface area contributed by atoms with Crippen LogP contribution in [-0.2, 0) is 9.47 Å². The van der Waals surface area contributed by atoms with E-state index in [1.807, 2.05) is 34.6 Å². The summed E-state index contributed by atoms with van der Waals surface area (Å²) in [4.78, 5) is 0. The molecular formula is C26H40F6O3. The lowest BCUT2D eigenvalue weighted by Crippen LogP contribution is -2.65. The van der Waals surface area contributed by atoms with Crippen LogP contribution in [0.25, 0.3) is 0 Å². The number of halogens is 6. The lowest BCUT2D eigenvalue weighted by molar-refractivity contribution is -0.416. The number of hydrogen-bond donors (Lipinski definition) is 1. The first-order valence-electron chi connectivity index (χ1n) is 13.2. The Morgan fingerprint density at radius 2 is 1.43 bits per heavy atom. The first-order valence-corrected chi connectivity index (χ1v) is 13.2. The smallest absolute Gasteiger partial charge is 0.392 e. The van der Waals surface area contributed by atoms with Gasteiger partial charge in [0.05, 0.1) is 12.2 Å². The number of aliphatic hydroxyl groups is 1. The molecule has 4 rings (SSSR count). The largest absolute Gasteiger partial charge is 0.426 e. The van der Waals surface area contributed by atoms with Gasteiger partial charge in [-0.15, -0.1) is 0 Å². The molecule has 4 aliphatic rings. The van der Waals surface area contributed by atoms with Gasteiger partial charge in [-0.05, 0) is 78.9 Å². The minimum atomic E-state index is -5.74. The lowest BCUT2D eigenvalue weighted by Gasteiger charge is -2.44. The van der Waals surface area contributed by atoms with E-state index in [1.165, 1.54) is 0 Å². The molecule has 0 spiro atoms. The second-order valence-electron chi connectivity index (χ2n) is 12.4. The first-order chi connectivity index (χ1) is 16.1. The predicted octanol–water partition coefficient (Wildman–Crippen LogP) is 6.84. The van der Waals surface area contributed by atoms with Gasteiger partial charge in [0.2, 0.25) is 0 Å². The van der Waals surface area contributed by atoms with E-state index in [9.17, 15) is 31.4 Å². The fourth-order valence-corrected chi connectivity index (χ4v) is 8.52. The summed E-state index contributed by atoms with van der Waals surface area (Å²) in [5.74, 6) is -2.07. The molecule has 3 nitrogen and oxygen atoms in total. The summed E-state index contributed by atoms with van der Waals surface area (Å²) >= 11 is 0. The highest BCUT2D eigenvalue weighted by Gasteiger charge is 2.79. The summed E-state index contributed by atoms with van der Waals surface area (Å²) in [7, 11) is 0. The van der Waals surface area contributed by atoms with Crippen LogP contribution >= 0.6 is 0 Å². The molecule has 9 heteroatoms. The van der Waals surface area contributed by atoms with Crippen molar-refractivity contribution in [1.29, 1.82) is 0 Å². The van der Waals surface area contributed by atoms with Crippen LogP contribution in [0.15, 0.2) is 0 Å². The fourth-order valence-electron chi connectivity index (χ4n) is 8.52. The zero-order valence-corrected chi connectivity index (χ0v) is 21.2. The van der Waals surface area contributed by atoms with Gasteiger partial charge in [-0.2, -0.15) is 26.3 Å². The highest BCUT2D eigenvalue weighted by Crippen LogP contribution is 2.67. The molecule has 0 aromatic carbocycles. The Hall–Kier alpha value is -0.540. The molecule has 2 bridgehead atoms. The summed E-state index contributed by atoms with van der Waals surface area (Å²) in [5.41, 5.74) is -4.46. The van der Waals surface area contributed by atoms with Gasteiger partial charge in [0.25, 0.3) is 5.60 Å². The fraction of sp³-hybridized carbons (Fsp3) is 1.00. The van der Waals surface area contributed by atoms with E-state index in [-0.39, 0.29) is 53.8 Å². The zero-order valence-electron chi connectivity index (χ0n) is 21.2. The van der Waals surface area contributed by atoms with E-state index in [0.717, 1.165) is 19.3 Å². The summed E-state index contributed by atoms with van der Waals surface area (Å²) in [6, 6.07) is 0. The molecule has 0 amide bonds. The minimum Gasteiger partial charge on any atom is -0.392 e. The number of fused-ring (bicyclic) bond motifs is 5. The average molecular weight is 515 g/mol.